The number of para-hydroxylation sites is 4. The van der Waals surface area contributed by atoms with Crippen molar-refractivity contribution in [3.8, 4) is 79.0 Å². The zero-order valence-corrected chi connectivity index (χ0v) is 36.8. The number of nitrogens with zero attached hydrogens (tertiary/aromatic N) is 6. The Morgan fingerprint density at radius 2 is 0.750 bits per heavy atom. The highest BCUT2D eigenvalue weighted by atomic mass is 15.1. The minimum atomic E-state index is 0.570. The summed E-state index contributed by atoms with van der Waals surface area (Å²) in [5.41, 5.74) is 15.5. The predicted molar refractivity (Wildman–Crippen MR) is 279 cm³/mol. The Labute approximate surface area is 392 Å². The molecule has 4 aromatic heterocycles. The van der Waals surface area contributed by atoms with Gasteiger partial charge in [0.05, 0.1) is 39.1 Å². The lowest BCUT2D eigenvalue weighted by Crippen LogP contribution is -2.04. The molecule has 318 valence electrons. The summed E-state index contributed by atoms with van der Waals surface area (Å²) >= 11 is 0. The molecule has 4 heterocycles. The summed E-state index contributed by atoms with van der Waals surface area (Å²) < 4.78 is 4.75. The molecule has 0 spiro atoms. The second-order valence-electron chi connectivity index (χ2n) is 17.0. The molecule has 0 radical (unpaired) electrons. The molecule has 0 aliphatic heterocycles. The van der Waals surface area contributed by atoms with Crippen LogP contribution in [0.4, 0.5) is 0 Å². The zero-order valence-electron chi connectivity index (χ0n) is 36.8. The Balaban J connectivity index is 1.04. The van der Waals surface area contributed by atoms with Crippen LogP contribution in [0.25, 0.3) is 123 Å². The van der Waals surface area contributed by atoms with E-state index in [1.807, 2.05) is 36.5 Å². The quantitative estimate of drug-likeness (QED) is 0.153. The van der Waals surface area contributed by atoms with Crippen molar-refractivity contribution >= 4 is 43.6 Å². The first-order chi connectivity index (χ1) is 33.7. The van der Waals surface area contributed by atoms with Crippen LogP contribution in [0.1, 0.15) is 0 Å². The first kappa shape index (κ1) is 39.1. The highest BCUT2D eigenvalue weighted by Crippen LogP contribution is 2.41. The van der Waals surface area contributed by atoms with Crippen molar-refractivity contribution in [3.05, 3.63) is 243 Å². The molecular formula is C62H40N6. The third-order valence-electron chi connectivity index (χ3n) is 13.0. The van der Waals surface area contributed by atoms with Crippen LogP contribution in [0.15, 0.2) is 243 Å². The standard InChI is InChI=1S/C62H40N6/c1-3-18-41(19-4-1)43-34-36-58(67-54-29-11-7-24-47(54)48-25-8-12-30-55(48)67)52(39-43)44-22-17-23-46(38-44)61-64-60(42-20-5-2-6-21-42)65-62(66-61)51-35-33-45(53-28-15-16-37-63-53)40-59(51)68-56-31-13-9-26-49(56)50-27-10-14-32-57(50)68/h1-40H. The fourth-order valence-electron chi connectivity index (χ4n) is 9.90. The topological polar surface area (TPSA) is 61.4 Å². The molecule has 0 saturated carbocycles. The molecule has 6 nitrogen and oxygen atoms in total. The minimum absolute atomic E-state index is 0.570. The normalized spacial score (nSPS) is 11.5. The lowest BCUT2D eigenvalue weighted by molar-refractivity contribution is 1.06. The number of benzene rings is 9. The molecule has 13 aromatic rings. The number of aromatic nitrogens is 6. The van der Waals surface area contributed by atoms with Crippen molar-refractivity contribution in [1.82, 2.24) is 29.1 Å². The number of hydrogen-bond acceptors (Lipinski definition) is 4. The van der Waals surface area contributed by atoms with Gasteiger partial charge in [-0.05, 0) is 83.4 Å². The van der Waals surface area contributed by atoms with Crippen molar-refractivity contribution in [2.75, 3.05) is 0 Å². The van der Waals surface area contributed by atoms with Gasteiger partial charge in [-0.25, -0.2) is 15.0 Å². The van der Waals surface area contributed by atoms with E-state index in [1.54, 1.807) is 0 Å². The van der Waals surface area contributed by atoms with E-state index >= 15 is 0 Å². The van der Waals surface area contributed by atoms with E-state index in [0.29, 0.717) is 17.5 Å². The van der Waals surface area contributed by atoms with Crippen molar-refractivity contribution in [1.29, 1.82) is 0 Å². The predicted octanol–water partition coefficient (Wildman–Crippen LogP) is 15.5. The van der Waals surface area contributed by atoms with Crippen LogP contribution < -0.4 is 0 Å². The lowest BCUT2D eigenvalue weighted by atomic mass is 9.96. The maximum absolute atomic E-state index is 5.43. The second-order valence-corrected chi connectivity index (χ2v) is 17.0. The van der Waals surface area contributed by atoms with E-state index < -0.39 is 0 Å². The average Bonchev–Trinajstić information content (AvgIpc) is 3.94. The van der Waals surface area contributed by atoms with E-state index in [1.165, 1.54) is 21.5 Å². The van der Waals surface area contributed by atoms with Gasteiger partial charge >= 0.3 is 0 Å². The van der Waals surface area contributed by atoms with Crippen LogP contribution in [-0.4, -0.2) is 29.1 Å². The highest BCUT2D eigenvalue weighted by Gasteiger charge is 2.22. The highest BCUT2D eigenvalue weighted by molar-refractivity contribution is 6.11. The summed E-state index contributed by atoms with van der Waals surface area (Å²) in [5.74, 6) is 1.74. The SMILES string of the molecule is c1ccc(-c2ccc(-n3c4ccccc4c4ccccc43)c(-c3cccc(-c4nc(-c5ccccc5)nc(-c5ccc(-c6ccccn6)cc5-n5c6ccccc6c6ccccc65)n4)c3)c2)cc1. The van der Waals surface area contributed by atoms with Crippen LogP contribution in [0, 0.1) is 0 Å². The average molecular weight is 869 g/mol. The van der Waals surface area contributed by atoms with Crippen molar-refractivity contribution in [2.45, 2.75) is 0 Å². The van der Waals surface area contributed by atoms with Crippen LogP contribution in [0.5, 0.6) is 0 Å². The van der Waals surface area contributed by atoms with Crippen molar-refractivity contribution < 1.29 is 0 Å². The Morgan fingerprint density at radius 3 is 1.35 bits per heavy atom. The number of pyridine rings is 1. The second kappa shape index (κ2) is 16.3. The van der Waals surface area contributed by atoms with Gasteiger partial charge in [0.15, 0.2) is 17.5 Å². The van der Waals surface area contributed by atoms with E-state index in [2.05, 4.69) is 215 Å². The lowest BCUT2D eigenvalue weighted by Gasteiger charge is -2.17. The summed E-state index contributed by atoms with van der Waals surface area (Å²) in [4.78, 5) is 20.8. The van der Waals surface area contributed by atoms with Gasteiger partial charge in [0, 0.05) is 55.6 Å². The summed E-state index contributed by atoms with van der Waals surface area (Å²) in [5, 5.41) is 4.78. The van der Waals surface area contributed by atoms with E-state index in [9.17, 15) is 0 Å². The van der Waals surface area contributed by atoms with Gasteiger partial charge in [0.2, 0.25) is 0 Å². The molecule has 0 fully saturated rings. The van der Waals surface area contributed by atoms with Gasteiger partial charge in [-0.15, -0.1) is 0 Å². The van der Waals surface area contributed by atoms with E-state index in [-0.39, 0.29) is 0 Å². The molecule has 0 bridgehead atoms. The molecule has 0 amide bonds. The van der Waals surface area contributed by atoms with Crippen molar-refractivity contribution in [3.63, 3.8) is 0 Å². The van der Waals surface area contributed by atoms with Gasteiger partial charge < -0.3 is 9.13 Å². The minimum Gasteiger partial charge on any atom is -0.309 e. The Kier molecular flexibility index (Phi) is 9.39. The van der Waals surface area contributed by atoms with Crippen molar-refractivity contribution in [2.24, 2.45) is 0 Å². The maximum atomic E-state index is 5.43. The van der Waals surface area contributed by atoms with Gasteiger partial charge in [0.1, 0.15) is 0 Å². The summed E-state index contributed by atoms with van der Waals surface area (Å²) in [6, 6.07) is 83.3. The summed E-state index contributed by atoms with van der Waals surface area (Å²) in [6.45, 7) is 0. The molecule has 68 heavy (non-hydrogen) atoms. The largest absolute Gasteiger partial charge is 0.309 e. The zero-order chi connectivity index (χ0) is 45.0. The van der Waals surface area contributed by atoms with Gasteiger partial charge in [-0.3, -0.25) is 4.98 Å². The molecule has 9 aromatic carbocycles. The Hall–Kier alpha value is -9.26. The van der Waals surface area contributed by atoms with E-state index in [4.69, 9.17) is 19.9 Å². The molecule has 0 saturated heterocycles. The number of rotatable bonds is 8. The summed E-state index contributed by atoms with van der Waals surface area (Å²) in [6.07, 6.45) is 1.84. The van der Waals surface area contributed by atoms with Crippen LogP contribution >= 0.6 is 0 Å². The van der Waals surface area contributed by atoms with Crippen LogP contribution in [-0.2, 0) is 0 Å². The molecule has 0 unspecified atom stereocenters. The summed E-state index contributed by atoms with van der Waals surface area (Å²) in [7, 11) is 0. The molecule has 0 aliphatic rings. The molecule has 0 N–H and O–H groups in total. The fraction of sp³-hybridized carbons (Fsp3) is 0. The first-order valence-corrected chi connectivity index (χ1v) is 22.9. The Morgan fingerprint density at radius 1 is 0.265 bits per heavy atom. The van der Waals surface area contributed by atoms with Gasteiger partial charge in [-0.1, -0.05) is 170 Å². The maximum Gasteiger partial charge on any atom is 0.166 e. The Bertz CT molecular complexity index is 3920. The fourth-order valence-corrected chi connectivity index (χ4v) is 9.90. The van der Waals surface area contributed by atoms with Crippen LogP contribution in [0.2, 0.25) is 0 Å². The molecule has 0 atom stereocenters. The third kappa shape index (κ3) is 6.66. The number of hydrogen-bond donors (Lipinski definition) is 0. The molecular weight excluding hydrogens is 829 g/mol. The van der Waals surface area contributed by atoms with Crippen LogP contribution in [0.3, 0.4) is 0 Å². The van der Waals surface area contributed by atoms with Gasteiger partial charge in [-0.2, -0.15) is 0 Å². The molecule has 13 rings (SSSR count). The molecule has 6 heteroatoms. The third-order valence-corrected chi connectivity index (χ3v) is 13.0. The molecule has 0 aliphatic carbocycles. The van der Waals surface area contributed by atoms with E-state index in [0.717, 1.165) is 83.6 Å². The first-order valence-electron chi connectivity index (χ1n) is 22.9. The smallest absolute Gasteiger partial charge is 0.166 e. The number of fused-ring (bicyclic) bond motifs is 6. The monoisotopic (exact) mass is 868 g/mol. The van der Waals surface area contributed by atoms with Gasteiger partial charge in [0.25, 0.3) is 0 Å².